The molecule has 4 heteroatoms. The molecule has 92 valence electrons. The van der Waals surface area contributed by atoms with Gasteiger partial charge in [0.25, 0.3) is 5.91 Å². The number of primary amides is 1. The summed E-state index contributed by atoms with van der Waals surface area (Å²) < 4.78 is 0. The minimum atomic E-state index is -0.429. The number of carbonyl (C=O) groups is 1. The molecule has 1 aromatic heterocycles. The first-order valence-electron chi connectivity index (χ1n) is 6.22. The second kappa shape index (κ2) is 5.17. The van der Waals surface area contributed by atoms with Gasteiger partial charge >= 0.3 is 0 Å². The second-order valence-electron chi connectivity index (χ2n) is 4.69. The molecule has 4 nitrogen and oxygen atoms in total. The Morgan fingerprint density at radius 3 is 3.00 bits per heavy atom. The van der Waals surface area contributed by atoms with E-state index in [1.807, 2.05) is 0 Å². The molecule has 0 aliphatic heterocycles. The van der Waals surface area contributed by atoms with Gasteiger partial charge in [0, 0.05) is 12.2 Å². The molecule has 0 bridgehead atoms. The third-order valence-electron chi connectivity index (χ3n) is 3.22. The topological polar surface area (TPSA) is 68.0 Å². The number of anilines is 1. The SMILES string of the molecule is CCC(CC1CC1)Nc1ncccc1C(N)=O. The van der Waals surface area contributed by atoms with Crippen LogP contribution in [0.3, 0.4) is 0 Å². The Hall–Kier alpha value is -1.58. The van der Waals surface area contributed by atoms with E-state index in [4.69, 9.17) is 5.73 Å². The summed E-state index contributed by atoms with van der Waals surface area (Å²) in [7, 11) is 0. The number of hydrogen-bond acceptors (Lipinski definition) is 3. The molecule has 1 fully saturated rings. The highest BCUT2D eigenvalue weighted by Gasteiger charge is 2.25. The fourth-order valence-electron chi connectivity index (χ4n) is 2.00. The van der Waals surface area contributed by atoms with E-state index in [2.05, 4.69) is 17.2 Å². The van der Waals surface area contributed by atoms with Crippen LogP contribution in [0.1, 0.15) is 43.0 Å². The fourth-order valence-corrected chi connectivity index (χ4v) is 2.00. The lowest BCUT2D eigenvalue weighted by atomic mass is 10.1. The summed E-state index contributed by atoms with van der Waals surface area (Å²) in [5.74, 6) is 1.04. The van der Waals surface area contributed by atoms with Crippen LogP contribution in [0.5, 0.6) is 0 Å². The van der Waals surface area contributed by atoms with Crippen molar-refractivity contribution < 1.29 is 4.79 Å². The van der Waals surface area contributed by atoms with Crippen molar-refractivity contribution >= 4 is 11.7 Å². The van der Waals surface area contributed by atoms with E-state index in [1.165, 1.54) is 12.8 Å². The molecule has 1 aliphatic carbocycles. The van der Waals surface area contributed by atoms with Crippen molar-refractivity contribution in [3.05, 3.63) is 23.9 Å². The first kappa shape index (κ1) is 11.9. The number of amides is 1. The number of carbonyl (C=O) groups excluding carboxylic acids is 1. The van der Waals surface area contributed by atoms with Gasteiger partial charge in [0.1, 0.15) is 5.82 Å². The number of nitrogens with two attached hydrogens (primary N) is 1. The highest BCUT2D eigenvalue weighted by molar-refractivity contribution is 5.97. The van der Waals surface area contributed by atoms with E-state index in [-0.39, 0.29) is 0 Å². The summed E-state index contributed by atoms with van der Waals surface area (Å²) >= 11 is 0. The quantitative estimate of drug-likeness (QED) is 0.791. The van der Waals surface area contributed by atoms with Crippen molar-refractivity contribution in [3.8, 4) is 0 Å². The summed E-state index contributed by atoms with van der Waals surface area (Å²) in [5, 5.41) is 3.34. The third kappa shape index (κ3) is 3.19. The highest BCUT2D eigenvalue weighted by atomic mass is 16.1. The number of nitrogens with one attached hydrogen (secondary N) is 1. The monoisotopic (exact) mass is 233 g/mol. The first-order chi connectivity index (χ1) is 8.20. The zero-order valence-electron chi connectivity index (χ0n) is 10.1. The van der Waals surface area contributed by atoms with Crippen molar-refractivity contribution in [1.29, 1.82) is 0 Å². The highest BCUT2D eigenvalue weighted by Crippen LogP contribution is 2.34. The molecule has 1 unspecified atom stereocenters. The number of rotatable bonds is 6. The molecule has 0 spiro atoms. The van der Waals surface area contributed by atoms with Crippen molar-refractivity contribution in [3.63, 3.8) is 0 Å². The second-order valence-corrected chi connectivity index (χ2v) is 4.69. The van der Waals surface area contributed by atoms with Gasteiger partial charge in [0.05, 0.1) is 5.56 Å². The van der Waals surface area contributed by atoms with Crippen LogP contribution in [-0.2, 0) is 0 Å². The molecular weight excluding hydrogens is 214 g/mol. The Kier molecular flexibility index (Phi) is 3.61. The Balaban J connectivity index is 2.07. The van der Waals surface area contributed by atoms with Crippen LogP contribution in [0.4, 0.5) is 5.82 Å². The van der Waals surface area contributed by atoms with Gasteiger partial charge in [-0.1, -0.05) is 19.8 Å². The Labute approximate surface area is 102 Å². The van der Waals surface area contributed by atoms with Crippen LogP contribution in [0.2, 0.25) is 0 Å². The number of hydrogen-bond donors (Lipinski definition) is 2. The minimum Gasteiger partial charge on any atom is -0.367 e. The van der Waals surface area contributed by atoms with E-state index in [0.29, 0.717) is 17.4 Å². The van der Waals surface area contributed by atoms with E-state index in [1.54, 1.807) is 18.3 Å². The molecule has 1 atom stereocenters. The van der Waals surface area contributed by atoms with Crippen LogP contribution in [-0.4, -0.2) is 16.9 Å². The summed E-state index contributed by atoms with van der Waals surface area (Å²) in [6.07, 6.45) is 6.54. The predicted octanol–water partition coefficient (Wildman–Crippen LogP) is 2.17. The maximum absolute atomic E-state index is 11.3. The molecule has 0 aromatic carbocycles. The van der Waals surface area contributed by atoms with Gasteiger partial charge in [-0.2, -0.15) is 0 Å². The lowest BCUT2D eigenvalue weighted by molar-refractivity contribution is 0.100. The molecule has 0 saturated heterocycles. The third-order valence-corrected chi connectivity index (χ3v) is 3.22. The van der Waals surface area contributed by atoms with Crippen LogP contribution in [0, 0.1) is 5.92 Å². The Morgan fingerprint density at radius 2 is 2.41 bits per heavy atom. The van der Waals surface area contributed by atoms with Crippen LogP contribution < -0.4 is 11.1 Å². The maximum atomic E-state index is 11.3. The van der Waals surface area contributed by atoms with E-state index >= 15 is 0 Å². The predicted molar refractivity (Wildman–Crippen MR) is 67.8 cm³/mol. The van der Waals surface area contributed by atoms with Gasteiger partial charge < -0.3 is 11.1 Å². The van der Waals surface area contributed by atoms with Crippen LogP contribution in [0.15, 0.2) is 18.3 Å². The fraction of sp³-hybridized carbons (Fsp3) is 0.538. The zero-order chi connectivity index (χ0) is 12.3. The van der Waals surface area contributed by atoms with Gasteiger partial charge in [-0.3, -0.25) is 4.79 Å². The van der Waals surface area contributed by atoms with E-state index in [9.17, 15) is 4.79 Å². The molecule has 1 aliphatic rings. The van der Waals surface area contributed by atoms with Crippen molar-refractivity contribution in [1.82, 2.24) is 4.98 Å². The molecule has 1 aromatic rings. The van der Waals surface area contributed by atoms with Crippen LogP contribution in [0.25, 0.3) is 0 Å². The van der Waals surface area contributed by atoms with Gasteiger partial charge in [-0.15, -0.1) is 0 Å². The van der Waals surface area contributed by atoms with Crippen molar-refractivity contribution in [2.45, 2.75) is 38.6 Å². The van der Waals surface area contributed by atoms with Crippen molar-refractivity contribution in [2.75, 3.05) is 5.32 Å². The van der Waals surface area contributed by atoms with Gasteiger partial charge in [0.15, 0.2) is 0 Å². The summed E-state index contributed by atoms with van der Waals surface area (Å²) in [5.41, 5.74) is 5.80. The average Bonchev–Trinajstić information content (AvgIpc) is 3.12. The number of nitrogens with zero attached hydrogens (tertiary/aromatic N) is 1. The maximum Gasteiger partial charge on any atom is 0.252 e. The molecule has 1 saturated carbocycles. The lowest BCUT2D eigenvalue weighted by Gasteiger charge is -2.18. The van der Waals surface area contributed by atoms with Crippen LogP contribution >= 0.6 is 0 Å². The Bertz CT molecular complexity index is 401. The zero-order valence-corrected chi connectivity index (χ0v) is 10.1. The lowest BCUT2D eigenvalue weighted by Crippen LogP contribution is -2.23. The van der Waals surface area contributed by atoms with E-state index in [0.717, 1.165) is 18.8 Å². The van der Waals surface area contributed by atoms with Gasteiger partial charge in [-0.25, -0.2) is 4.98 Å². The molecular formula is C13H19N3O. The molecule has 17 heavy (non-hydrogen) atoms. The molecule has 2 rings (SSSR count). The summed E-state index contributed by atoms with van der Waals surface area (Å²) in [4.78, 5) is 15.5. The van der Waals surface area contributed by atoms with Gasteiger partial charge in [0.2, 0.25) is 0 Å². The number of pyridine rings is 1. The number of aromatic nitrogens is 1. The van der Waals surface area contributed by atoms with Gasteiger partial charge in [-0.05, 0) is 30.9 Å². The van der Waals surface area contributed by atoms with E-state index < -0.39 is 5.91 Å². The summed E-state index contributed by atoms with van der Waals surface area (Å²) in [6.45, 7) is 2.15. The molecule has 3 N–H and O–H groups in total. The largest absolute Gasteiger partial charge is 0.367 e. The normalized spacial score (nSPS) is 16.5. The average molecular weight is 233 g/mol. The molecule has 0 radical (unpaired) electrons. The molecule has 1 amide bonds. The molecule has 1 heterocycles. The minimum absolute atomic E-state index is 0.385. The Morgan fingerprint density at radius 1 is 1.65 bits per heavy atom. The smallest absolute Gasteiger partial charge is 0.252 e. The van der Waals surface area contributed by atoms with Crippen molar-refractivity contribution in [2.24, 2.45) is 11.7 Å². The summed E-state index contributed by atoms with van der Waals surface area (Å²) in [6, 6.07) is 3.82. The first-order valence-corrected chi connectivity index (χ1v) is 6.22. The standard InChI is InChI=1S/C13H19N3O/c1-2-10(8-9-5-6-9)16-13-11(12(14)17)4-3-7-15-13/h3-4,7,9-10H,2,5-6,8H2,1H3,(H2,14,17)(H,15,16).